The molecule has 0 saturated heterocycles. The van der Waals surface area contributed by atoms with Crippen LogP contribution in [-0.4, -0.2) is 46.9 Å². The molecule has 0 spiro atoms. The second kappa shape index (κ2) is 49.3. The average molecular weight is 866 g/mol. The normalized spacial score (nSPS) is 13.8. The second-order valence-electron chi connectivity index (χ2n) is 17.5. The molecule has 0 bridgehead atoms. The molecular weight excluding hydrogens is 767 g/mol. The van der Waals surface area contributed by atoms with E-state index in [9.17, 15) is 19.8 Å². The summed E-state index contributed by atoms with van der Waals surface area (Å²) in [7, 11) is 0. The molecule has 0 radical (unpaired) electrons. The van der Waals surface area contributed by atoms with E-state index < -0.39 is 18.2 Å². The summed E-state index contributed by atoms with van der Waals surface area (Å²) in [5.41, 5.74) is 0. The Hall–Kier alpha value is -2.70. The summed E-state index contributed by atoms with van der Waals surface area (Å²) in [6, 6.07) is -0.716. The number of aliphatic hydroxyl groups excluding tert-OH is 2. The van der Waals surface area contributed by atoms with E-state index in [1.54, 1.807) is 0 Å². The quantitative estimate of drug-likeness (QED) is 0.0322. The van der Waals surface area contributed by atoms with Crippen LogP contribution in [-0.2, 0) is 14.3 Å². The van der Waals surface area contributed by atoms with Crippen molar-refractivity contribution in [1.82, 2.24) is 5.32 Å². The summed E-state index contributed by atoms with van der Waals surface area (Å²) >= 11 is 0. The summed E-state index contributed by atoms with van der Waals surface area (Å²) in [6.07, 6.45) is 62.6. The Kier molecular flexibility index (Phi) is 47.2. The predicted molar refractivity (Wildman–Crippen MR) is 268 cm³/mol. The third-order valence-electron chi connectivity index (χ3n) is 11.6. The molecule has 0 aromatic rings. The lowest BCUT2D eigenvalue weighted by molar-refractivity contribution is -0.150. The second-order valence-corrected chi connectivity index (χ2v) is 17.5. The van der Waals surface area contributed by atoms with Crippen LogP contribution in [0.2, 0.25) is 0 Å². The Balaban J connectivity index is 4.68. The van der Waals surface area contributed by atoms with E-state index in [-0.39, 0.29) is 31.3 Å². The summed E-state index contributed by atoms with van der Waals surface area (Å²) in [5, 5.41) is 23.7. The van der Waals surface area contributed by atoms with Gasteiger partial charge in [-0.05, 0) is 64.2 Å². The molecule has 6 heteroatoms. The number of carbonyl (C=O) groups is 2. The molecule has 1 amide bonds. The van der Waals surface area contributed by atoms with Crippen molar-refractivity contribution in [2.24, 2.45) is 0 Å². The standard InChI is InChI=1S/C56H99NO5/c1-4-7-10-13-16-19-22-24-26-27-28-29-30-32-34-37-40-43-46-49-56(61)62-52(47-44-41-38-35-33-31-25-23-20-17-14-11-8-5-2)50-55(60)57-53(51-58)54(59)48-45-42-39-36-21-18-15-12-9-6-3/h7,10,16,19,24,26,28-29,32,34,40,43,52-54,58-59H,4-6,8-9,11-15,17-18,20-23,25,27,30-31,33,35-39,41-42,44-51H2,1-3H3,(H,57,60)/b10-7-,19-16-,26-24-,29-28-,34-32-,43-40-. The van der Waals surface area contributed by atoms with Crippen molar-refractivity contribution in [3.63, 3.8) is 0 Å². The van der Waals surface area contributed by atoms with Gasteiger partial charge in [-0.15, -0.1) is 0 Å². The highest BCUT2D eigenvalue weighted by atomic mass is 16.5. The fourth-order valence-electron chi connectivity index (χ4n) is 7.63. The van der Waals surface area contributed by atoms with Gasteiger partial charge >= 0.3 is 5.97 Å². The highest BCUT2D eigenvalue weighted by Crippen LogP contribution is 2.18. The number of rotatable bonds is 46. The van der Waals surface area contributed by atoms with Gasteiger partial charge in [-0.3, -0.25) is 9.59 Å². The van der Waals surface area contributed by atoms with Crippen molar-refractivity contribution in [2.75, 3.05) is 6.61 Å². The van der Waals surface area contributed by atoms with Gasteiger partial charge < -0.3 is 20.3 Å². The van der Waals surface area contributed by atoms with Gasteiger partial charge in [0.25, 0.3) is 0 Å². The largest absolute Gasteiger partial charge is 0.462 e. The molecule has 0 saturated carbocycles. The summed E-state index contributed by atoms with van der Waals surface area (Å²) in [4.78, 5) is 26.1. The highest BCUT2D eigenvalue weighted by molar-refractivity contribution is 5.77. The zero-order valence-electron chi connectivity index (χ0n) is 40.7. The summed E-state index contributed by atoms with van der Waals surface area (Å²) < 4.78 is 5.90. The van der Waals surface area contributed by atoms with Crippen LogP contribution in [0.15, 0.2) is 72.9 Å². The minimum Gasteiger partial charge on any atom is -0.462 e. The van der Waals surface area contributed by atoms with Crippen LogP contribution in [0.5, 0.6) is 0 Å². The first kappa shape index (κ1) is 59.3. The molecule has 358 valence electrons. The van der Waals surface area contributed by atoms with Gasteiger partial charge in [-0.2, -0.15) is 0 Å². The maximum Gasteiger partial charge on any atom is 0.306 e. The minimum atomic E-state index is -0.800. The summed E-state index contributed by atoms with van der Waals surface area (Å²) in [6.45, 7) is 6.35. The number of nitrogens with one attached hydrogen (secondary N) is 1. The lowest BCUT2D eigenvalue weighted by Crippen LogP contribution is -2.46. The average Bonchev–Trinajstić information content (AvgIpc) is 3.26. The molecular formula is C56H99NO5. The number of unbranched alkanes of at least 4 members (excludes halogenated alkanes) is 22. The zero-order valence-corrected chi connectivity index (χ0v) is 40.7. The topological polar surface area (TPSA) is 95.9 Å². The Morgan fingerprint density at radius 1 is 0.484 bits per heavy atom. The number of allylic oxidation sites excluding steroid dienone is 12. The number of hydrogen-bond acceptors (Lipinski definition) is 5. The van der Waals surface area contributed by atoms with E-state index in [2.05, 4.69) is 92.9 Å². The molecule has 6 nitrogen and oxygen atoms in total. The number of carbonyl (C=O) groups excluding carboxylic acids is 2. The molecule has 3 unspecified atom stereocenters. The molecule has 0 aliphatic rings. The van der Waals surface area contributed by atoms with E-state index >= 15 is 0 Å². The Labute approximate surface area is 383 Å². The molecule has 0 aliphatic carbocycles. The first-order valence-electron chi connectivity index (χ1n) is 26.2. The maximum absolute atomic E-state index is 13.2. The van der Waals surface area contributed by atoms with Crippen LogP contribution < -0.4 is 5.32 Å². The molecule has 0 aliphatic heterocycles. The van der Waals surface area contributed by atoms with E-state index in [1.807, 2.05) is 6.08 Å². The molecule has 3 N–H and O–H groups in total. The van der Waals surface area contributed by atoms with Gasteiger partial charge in [0.1, 0.15) is 6.10 Å². The highest BCUT2D eigenvalue weighted by Gasteiger charge is 2.24. The van der Waals surface area contributed by atoms with Crippen LogP contribution in [0.25, 0.3) is 0 Å². The third-order valence-corrected chi connectivity index (χ3v) is 11.6. The van der Waals surface area contributed by atoms with E-state index in [0.29, 0.717) is 19.3 Å². The lowest BCUT2D eigenvalue weighted by Gasteiger charge is -2.24. The molecule has 0 fully saturated rings. The van der Waals surface area contributed by atoms with Gasteiger partial charge in [0.05, 0.1) is 25.2 Å². The van der Waals surface area contributed by atoms with Crippen LogP contribution in [0, 0.1) is 0 Å². The summed E-state index contributed by atoms with van der Waals surface area (Å²) in [5.74, 6) is -0.571. The van der Waals surface area contributed by atoms with Crippen molar-refractivity contribution in [3.8, 4) is 0 Å². The van der Waals surface area contributed by atoms with Crippen molar-refractivity contribution in [2.45, 2.75) is 264 Å². The lowest BCUT2D eigenvalue weighted by atomic mass is 10.0. The molecule has 3 atom stereocenters. The monoisotopic (exact) mass is 866 g/mol. The van der Waals surface area contributed by atoms with Gasteiger partial charge in [0, 0.05) is 6.42 Å². The smallest absolute Gasteiger partial charge is 0.306 e. The number of hydrogen-bond donors (Lipinski definition) is 3. The van der Waals surface area contributed by atoms with Crippen molar-refractivity contribution >= 4 is 11.9 Å². The fraction of sp³-hybridized carbons (Fsp3) is 0.750. The molecule has 62 heavy (non-hydrogen) atoms. The first-order valence-corrected chi connectivity index (χ1v) is 26.2. The minimum absolute atomic E-state index is 0.0472. The first-order chi connectivity index (χ1) is 30.5. The number of esters is 1. The van der Waals surface area contributed by atoms with Crippen LogP contribution in [0.3, 0.4) is 0 Å². The SMILES string of the molecule is CC/C=C\C/C=C\C/C=C\C/C=C\C/C=C\C/C=C\CCC(=O)OC(CCCCCCCCCCCCCCCC)CC(=O)NC(CO)C(O)CCCCCCCCCCCC. The van der Waals surface area contributed by atoms with Crippen molar-refractivity contribution < 1.29 is 24.5 Å². The number of ether oxygens (including phenoxy) is 1. The van der Waals surface area contributed by atoms with Gasteiger partial charge in [-0.25, -0.2) is 0 Å². The Bertz CT molecular complexity index is 1150. The van der Waals surface area contributed by atoms with Gasteiger partial charge in [0.15, 0.2) is 0 Å². The number of aliphatic hydroxyl groups is 2. The van der Waals surface area contributed by atoms with Gasteiger partial charge in [-0.1, -0.05) is 241 Å². The van der Waals surface area contributed by atoms with Crippen LogP contribution in [0.1, 0.15) is 245 Å². The Morgan fingerprint density at radius 2 is 0.839 bits per heavy atom. The third kappa shape index (κ3) is 43.9. The predicted octanol–water partition coefficient (Wildman–Crippen LogP) is 15.8. The molecule has 0 heterocycles. The number of amides is 1. The van der Waals surface area contributed by atoms with Crippen molar-refractivity contribution in [1.29, 1.82) is 0 Å². The zero-order chi connectivity index (χ0) is 45.2. The molecule has 0 aromatic heterocycles. The van der Waals surface area contributed by atoms with Crippen LogP contribution in [0.4, 0.5) is 0 Å². The molecule has 0 rings (SSSR count). The molecule has 0 aromatic carbocycles. The van der Waals surface area contributed by atoms with Gasteiger partial charge in [0.2, 0.25) is 5.91 Å². The van der Waals surface area contributed by atoms with E-state index in [1.165, 1.54) is 116 Å². The van der Waals surface area contributed by atoms with Crippen LogP contribution >= 0.6 is 0 Å². The van der Waals surface area contributed by atoms with Crippen molar-refractivity contribution in [3.05, 3.63) is 72.9 Å². The maximum atomic E-state index is 13.2. The van der Waals surface area contributed by atoms with E-state index in [4.69, 9.17) is 4.74 Å². The van der Waals surface area contributed by atoms with E-state index in [0.717, 1.165) is 77.0 Å². The Morgan fingerprint density at radius 3 is 1.23 bits per heavy atom. The fourth-order valence-corrected chi connectivity index (χ4v) is 7.63.